The quantitative estimate of drug-likeness (QED) is 0.727. The van der Waals surface area contributed by atoms with Crippen LogP contribution in [0.3, 0.4) is 0 Å². The van der Waals surface area contributed by atoms with Gasteiger partial charge < -0.3 is 19.5 Å². The molecule has 0 fully saturated rings. The molecule has 0 aromatic heterocycles. The average molecular weight is 375 g/mol. The van der Waals surface area contributed by atoms with Crippen LogP contribution >= 0.6 is 0 Å². The number of carboxylic acids is 1. The number of benzene rings is 2. The Labute approximate surface area is 157 Å². The van der Waals surface area contributed by atoms with Crippen molar-refractivity contribution in [1.29, 1.82) is 0 Å². The highest BCUT2D eigenvalue weighted by molar-refractivity contribution is 5.96. The van der Waals surface area contributed by atoms with E-state index in [-0.39, 0.29) is 12.1 Å². The molecule has 0 unspecified atom stereocenters. The lowest BCUT2D eigenvalue weighted by molar-refractivity contribution is -0.137. The second-order valence-corrected chi connectivity index (χ2v) is 5.71. The Morgan fingerprint density at radius 2 is 1.63 bits per heavy atom. The van der Waals surface area contributed by atoms with Crippen molar-refractivity contribution in [2.45, 2.75) is 20.4 Å². The van der Waals surface area contributed by atoms with Crippen molar-refractivity contribution < 1.29 is 28.6 Å². The molecule has 144 valence electrons. The van der Waals surface area contributed by atoms with Gasteiger partial charge in [-0.05, 0) is 49.7 Å². The summed E-state index contributed by atoms with van der Waals surface area (Å²) in [5.74, 6) is -1.07. The van der Waals surface area contributed by atoms with Crippen LogP contribution in [0.5, 0.6) is 11.5 Å². The number of aliphatic carboxylic acids is 1. The van der Waals surface area contributed by atoms with Gasteiger partial charge in [0.15, 0.2) is 11.5 Å². The van der Waals surface area contributed by atoms with Gasteiger partial charge in [-0.2, -0.15) is 0 Å². The monoisotopic (exact) mass is 375 g/mol. The molecule has 0 saturated carbocycles. The zero-order chi connectivity index (χ0) is 19.8. The average Bonchev–Trinajstić information content (AvgIpc) is 2.64. The van der Waals surface area contributed by atoms with Crippen molar-refractivity contribution >= 4 is 11.9 Å². The predicted molar refractivity (Wildman–Crippen MR) is 97.6 cm³/mol. The van der Waals surface area contributed by atoms with E-state index in [1.807, 2.05) is 13.8 Å². The number of carboxylic acid groups (broad SMARTS) is 1. The first-order valence-electron chi connectivity index (χ1n) is 8.59. The standard InChI is InChI=1S/C20H22FNO5/c1-3-26-17-10-7-15(11-18(17)27-4-2)20(25)22(13-19(23)24)12-14-5-8-16(21)9-6-14/h5-11H,3-4,12-13H2,1-2H3,(H,23,24). The minimum absolute atomic E-state index is 0.0442. The van der Waals surface area contributed by atoms with E-state index in [2.05, 4.69) is 0 Å². The van der Waals surface area contributed by atoms with Crippen LogP contribution < -0.4 is 9.47 Å². The van der Waals surface area contributed by atoms with Crippen LogP contribution in [0.15, 0.2) is 42.5 Å². The fourth-order valence-corrected chi connectivity index (χ4v) is 2.54. The van der Waals surface area contributed by atoms with E-state index < -0.39 is 24.2 Å². The van der Waals surface area contributed by atoms with E-state index in [4.69, 9.17) is 14.6 Å². The molecule has 2 aromatic rings. The molecule has 0 heterocycles. The summed E-state index contributed by atoms with van der Waals surface area (Å²) in [6.07, 6.45) is 0. The first kappa shape index (κ1) is 20.2. The maximum atomic E-state index is 13.1. The predicted octanol–water partition coefficient (Wildman–Crippen LogP) is 3.35. The highest BCUT2D eigenvalue weighted by atomic mass is 19.1. The second-order valence-electron chi connectivity index (χ2n) is 5.71. The van der Waals surface area contributed by atoms with Gasteiger partial charge in [-0.15, -0.1) is 0 Å². The SMILES string of the molecule is CCOc1ccc(C(=O)N(CC(=O)O)Cc2ccc(F)cc2)cc1OCC. The zero-order valence-electron chi connectivity index (χ0n) is 15.3. The summed E-state index contributed by atoms with van der Waals surface area (Å²) in [5.41, 5.74) is 0.909. The first-order chi connectivity index (χ1) is 12.9. The fraction of sp³-hybridized carbons (Fsp3) is 0.300. The largest absolute Gasteiger partial charge is 0.490 e. The minimum atomic E-state index is -1.14. The Kier molecular flexibility index (Phi) is 7.16. The molecule has 0 spiro atoms. The summed E-state index contributed by atoms with van der Waals surface area (Å²) >= 11 is 0. The Bertz CT molecular complexity index is 791. The number of halogens is 1. The maximum Gasteiger partial charge on any atom is 0.323 e. The fourth-order valence-electron chi connectivity index (χ4n) is 2.54. The van der Waals surface area contributed by atoms with Gasteiger partial charge in [0.25, 0.3) is 5.91 Å². The third-order valence-electron chi connectivity index (χ3n) is 3.69. The number of hydrogen-bond acceptors (Lipinski definition) is 4. The summed E-state index contributed by atoms with van der Waals surface area (Å²) < 4.78 is 24.1. The molecule has 0 aliphatic heterocycles. The summed E-state index contributed by atoms with van der Waals surface area (Å²) in [6, 6.07) is 10.3. The van der Waals surface area contributed by atoms with Gasteiger partial charge in [0, 0.05) is 12.1 Å². The van der Waals surface area contributed by atoms with Crippen molar-refractivity contribution in [3.63, 3.8) is 0 Å². The summed E-state index contributed by atoms with van der Waals surface area (Å²) in [7, 11) is 0. The molecule has 0 bridgehead atoms. The van der Waals surface area contributed by atoms with Crippen LogP contribution in [0, 0.1) is 5.82 Å². The Morgan fingerprint density at radius 3 is 2.22 bits per heavy atom. The Balaban J connectivity index is 2.29. The third kappa shape index (κ3) is 5.70. The van der Waals surface area contributed by atoms with Crippen LogP contribution in [0.1, 0.15) is 29.8 Å². The van der Waals surface area contributed by atoms with Gasteiger partial charge >= 0.3 is 5.97 Å². The molecule has 27 heavy (non-hydrogen) atoms. The molecule has 6 nitrogen and oxygen atoms in total. The molecule has 0 radical (unpaired) electrons. The van der Waals surface area contributed by atoms with E-state index in [0.29, 0.717) is 30.3 Å². The molecule has 0 aliphatic carbocycles. The summed E-state index contributed by atoms with van der Waals surface area (Å²) in [5, 5.41) is 9.16. The van der Waals surface area contributed by atoms with Gasteiger partial charge in [-0.1, -0.05) is 12.1 Å². The van der Waals surface area contributed by atoms with E-state index in [0.717, 1.165) is 0 Å². The lowest BCUT2D eigenvalue weighted by Crippen LogP contribution is -2.35. The number of carbonyl (C=O) groups is 2. The molecule has 1 amide bonds. The Hall–Kier alpha value is -3.09. The molecule has 2 rings (SSSR count). The van der Waals surface area contributed by atoms with E-state index >= 15 is 0 Å². The third-order valence-corrected chi connectivity index (χ3v) is 3.69. The smallest absolute Gasteiger partial charge is 0.323 e. The van der Waals surface area contributed by atoms with Crippen molar-refractivity contribution in [3.05, 3.63) is 59.4 Å². The van der Waals surface area contributed by atoms with Crippen molar-refractivity contribution in [1.82, 2.24) is 4.90 Å². The first-order valence-corrected chi connectivity index (χ1v) is 8.59. The Morgan fingerprint density at radius 1 is 1.00 bits per heavy atom. The number of amides is 1. The lowest BCUT2D eigenvalue weighted by Gasteiger charge is -2.22. The highest BCUT2D eigenvalue weighted by Crippen LogP contribution is 2.29. The zero-order valence-corrected chi connectivity index (χ0v) is 15.3. The lowest BCUT2D eigenvalue weighted by atomic mass is 10.1. The van der Waals surface area contributed by atoms with Crippen LogP contribution in [-0.4, -0.2) is 41.6 Å². The highest BCUT2D eigenvalue weighted by Gasteiger charge is 2.21. The summed E-state index contributed by atoms with van der Waals surface area (Å²) in [6.45, 7) is 4.06. The molecule has 0 atom stereocenters. The van der Waals surface area contributed by atoms with Crippen LogP contribution in [0.2, 0.25) is 0 Å². The van der Waals surface area contributed by atoms with Crippen LogP contribution in [0.4, 0.5) is 4.39 Å². The van der Waals surface area contributed by atoms with Gasteiger partial charge in [0.05, 0.1) is 13.2 Å². The number of hydrogen-bond donors (Lipinski definition) is 1. The molecule has 0 saturated heterocycles. The molecular formula is C20H22FNO5. The molecule has 2 aromatic carbocycles. The number of ether oxygens (including phenoxy) is 2. The van der Waals surface area contributed by atoms with Crippen molar-refractivity contribution in [3.8, 4) is 11.5 Å². The van der Waals surface area contributed by atoms with Crippen molar-refractivity contribution in [2.24, 2.45) is 0 Å². The van der Waals surface area contributed by atoms with Crippen LogP contribution in [0.25, 0.3) is 0 Å². The molecular weight excluding hydrogens is 353 g/mol. The topological polar surface area (TPSA) is 76.1 Å². The van der Waals surface area contributed by atoms with Gasteiger partial charge in [-0.3, -0.25) is 9.59 Å². The van der Waals surface area contributed by atoms with Gasteiger partial charge in [0.2, 0.25) is 0 Å². The van der Waals surface area contributed by atoms with Crippen molar-refractivity contribution in [2.75, 3.05) is 19.8 Å². The van der Waals surface area contributed by atoms with Gasteiger partial charge in [-0.25, -0.2) is 4.39 Å². The maximum absolute atomic E-state index is 13.1. The number of carbonyl (C=O) groups excluding carboxylic acids is 1. The second kappa shape index (κ2) is 9.56. The van der Waals surface area contributed by atoms with E-state index in [1.54, 1.807) is 12.1 Å². The number of nitrogens with zero attached hydrogens (tertiary/aromatic N) is 1. The molecule has 1 N–H and O–H groups in total. The minimum Gasteiger partial charge on any atom is -0.490 e. The normalized spacial score (nSPS) is 10.3. The van der Waals surface area contributed by atoms with E-state index in [1.165, 1.54) is 35.2 Å². The molecule has 0 aliphatic rings. The molecule has 7 heteroatoms. The van der Waals surface area contributed by atoms with E-state index in [9.17, 15) is 14.0 Å². The summed E-state index contributed by atoms with van der Waals surface area (Å²) in [4.78, 5) is 25.3. The van der Waals surface area contributed by atoms with Gasteiger partial charge in [0.1, 0.15) is 12.4 Å². The number of rotatable bonds is 9. The van der Waals surface area contributed by atoms with Crippen LogP contribution in [-0.2, 0) is 11.3 Å².